The van der Waals surface area contributed by atoms with Crippen molar-refractivity contribution in [2.75, 3.05) is 4.90 Å². The van der Waals surface area contributed by atoms with Gasteiger partial charge in [-0.1, -0.05) is 43.3 Å². The van der Waals surface area contributed by atoms with Gasteiger partial charge in [-0.3, -0.25) is 19.3 Å². The molecule has 2 amide bonds. The van der Waals surface area contributed by atoms with Crippen molar-refractivity contribution < 1.29 is 9.59 Å². The summed E-state index contributed by atoms with van der Waals surface area (Å²) in [5, 5.41) is 0.609. The van der Waals surface area contributed by atoms with Crippen LogP contribution < -0.4 is 16.2 Å². The van der Waals surface area contributed by atoms with Gasteiger partial charge in [0.1, 0.15) is 6.04 Å². The smallest absolute Gasteiger partial charge is 0.259 e. The predicted molar refractivity (Wildman–Crippen MR) is 101 cm³/mol. The Balaban J connectivity index is 2.21. The van der Waals surface area contributed by atoms with Crippen LogP contribution in [0, 0.1) is 0 Å². The number of benzene rings is 2. The Morgan fingerprint density at radius 3 is 2.38 bits per heavy atom. The first-order chi connectivity index (χ1) is 12.5. The lowest BCUT2D eigenvalue weighted by Gasteiger charge is -2.29. The molecule has 3 N–H and O–H groups in total. The summed E-state index contributed by atoms with van der Waals surface area (Å²) >= 11 is 0. The zero-order chi connectivity index (χ0) is 18.7. The fourth-order valence-electron chi connectivity index (χ4n) is 3.05. The van der Waals surface area contributed by atoms with Crippen LogP contribution in [0.5, 0.6) is 0 Å². The highest BCUT2D eigenvalue weighted by Gasteiger charge is 2.30. The molecule has 0 aliphatic rings. The summed E-state index contributed by atoms with van der Waals surface area (Å²) in [6.07, 6.45) is 0.358. The van der Waals surface area contributed by atoms with Gasteiger partial charge in [0.15, 0.2) is 0 Å². The summed E-state index contributed by atoms with van der Waals surface area (Å²) in [5.41, 5.74) is 6.50. The van der Waals surface area contributed by atoms with E-state index in [1.54, 1.807) is 55.5 Å². The second-order valence-electron chi connectivity index (χ2n) is 5.93. The highest BCUT2D eigenvalue weighted by Crippen LogP contribution is 2.24. The zero-order valence-corrected chi connectivity index (χ0v) is 14.3. The van der Waals surface area contributed by atoms with Crippen LogP contribution in [0.3, 0.4) is 0 Å². The molecule has 0 radical (unpaired) electrons. The van der Waals surface area contributed by atoms with Crippen molar-refractivity contribution in [3.05, 3.63) is 76.6 Å². The summed E-state index contributed by atoms with van der Waals surface area (Å²) in [6.45, 7) is 1.79. The molecule has 132 valence electrons. The molecule has 1 heterocycles. The number of nitrogens with one attached hydrogen (secondary N) is 1. The monoisotopic (exact) mass is 349 g/mol. The van der Waals surface area contributed by atoms with E-state index in [-0.39, 0.29) is 11.1 Å². The number of para-hydroxylation sites is 2. The van der Waals surface area contributed by atoms with Crippen LogP contribution in [-0.4, -0.2) is 22.8 Å². The molecule has 0 unspecified atom stereocenters. The van der Waals surface area contributed by atoms with Gasteiger partial charge in [0.25, 0.3) is 5.91 Å². The molecule has 6 nitrogen and oxygen atoms in total. The lowest BCUT2D eigenvalue weighted by atomic mass is 10.0. The average molecular weight is 349 g/mol. The molecule has 26 heavy (non-hydrogen) atoms. The first-order valence-corrected chi connectivity index (χ1v) is 8.33. The number of rotatable bonds is 5. The van der Waals surface area contributed by atoms with Gasteiger partial charge in [0.05, 0.1) is 5.56 Å². The number of hydrogen-bond donors (Lipinski definition) is 2. The van der Waals surface area contributed by atoms with Crippen molar-refractivity contribution in [2.24, 2.45) is 5.73 Å². The Bertz CT molecular complexity index is 1010. The van der Waals surface area contributed by atoms with Crippen molar-refractivity contribution in [3.63, 3.8) is 0 Å². The van der Waals surface area contributed by atoms with Gasteiger partial charge in [-0.05, 0) is 24.6 Å². The second-order valence-corrected chi connectivity index (χ2v) is 5.93. The fourth-order valence-corrected chi connectivity index (χ4v) is 3.05. The second kappa shape index (κ2) is 7.23. The molecule has 2 aromatic carbocycles. The van der Waals surface area contributed by atoms with Crippen LogP contribution in [-0.2, 0) is 4.79 Å². The summed E-state index contributed by atoms with van der Waals surface area (Å²) in [7, 11) is 0. The van der Waals surface area contributed by atoms with E-state index in [9.17, 15) is 14.4 Å². The summed E-state index contributed by atoms with van der Waals surface area (Å²) < 4.78 is 0. The van der Waals surface area contributed by atoms with E-state index < -0.39 is 17.9 Å². The van der Waals surface area contributed by atoms with Crippen molar-refractivity contribution in [1.82, 2.24) is 4.98 Å². The minimum atomic E-state index is -0.817. The number of fused-ring (bicyclic) bond motifs is 1. The summed E-state index contributed by atoms with van der Waals surface area (Å²) in [4.78, 5) is 41.5. The first-order valence-electron chi connectivity index (χ1n) is 8.33. The number of aromatic amines is 1. The SMILES string of the molecule is CC[C@H](C(N)=O)N(C(=O)c1cc(=O)[nH]c2ccccc12)c1ccccc1. The fraction of sp³-hybridized carbons (Fsp3) is 0.150. The van der Waals surface area contributed by atoms with E-state index in [1.165, 1.54) is 11.0 Å². The van der Waals surface area contributed by atoms with Crippen molar-refractivity contribution in [3.8, 4) is 0 Å². The Labute approximate surface area is 150 Å². The Hall–Kier alpha value is -3.41. The van der Waals surface area contributed by atoms with E-state index in [0.29, 0.717) is 23.0 Å². The third-order valence-corrected chi connectivity index (χ3v) is 4.26. The third kappa shape index (κ3) is 3.21. The Morgan fingerprint density at radius 1 is 1.08 bits per heavy atom. The van der Waals surface area contributed by atoms with E-state index in [2.05, 4.69) is 4.98 Å². The van der Waals surface area contributed by atoms with Crippen LogP contribution in [0.25, 0.3) is 10.9 Å². The Kier molecular flexibility index (Phi) is 4.84. The number of nitrogens with two attached hydrogens (primary N) is 1. The van der Waals surface area contributed by atoms with Crippen LogP contribution in [0.1, 0.15) is 23.7 Å². The number of aromatic nitrogens is 1. The lowest BCUT2D eigenvalue weighted by molar-refractivity contribution is -0.119. The van der Waals surface area contributed by atoms with Gasteiger partial charge in [0.2, 0.25) is 11.5 Å². The number of anilines is 1. The molecule has 3 rings (SSSR count). The largest absolute Gasteiger partial charge is 0.368 e. The number of hydrogen-bond acceptors (Lipinski definition) is 3. The van der Waals surface area contributed by atoms with Crippen molar-refractivity contribution in [2.45, 2.75) is 19.4 Å². The maximum Gasteiger partial charge on any atom is 0.259 e. The van der Waals surface area contributed by atoms with Gasteiger partial charge in [0, 0.05) is 22.7 Å². The number of amides is 2. The zero-order valence-electron chi connectivity index (χ0n) is 14.3. The normalized spacial score (nSPS) is 11.9. The third-order valence-electron chi connectivity index (χ3n) is 4.26. The molecule has 1 aromatic heterocycles. The summed E-state index contributed by atoms with van der Waals surface area (Å²) in [6, 6.07) is 16.3. The molecule has 6 heteroatoms. The standard InChI is InChI=1S/C20H19N3O3/c1-2-17(19(21)25)23(13-8-4-3-5-9-13)20(26)15-12-18(24)22-16-11-7-6-10-14(15)16/h3-12,17H,2H2,1H3,(H2,21,25)(H,22,24)/t17-/m1/s1. The number of primary amides is 1. The van der Waals surface area contributed by atoms with Crippen molar-refractivity contribution >= 4 is 28.4 Å². The molecule has 0 saturated heterocycles. The minimum absolute atomic E-state index is 0.230. The number of pyridine rings is 1. The average Bonchev–Trinajstić information content (AvgIpc) is 2.65. The van der Waals surface area contributed by atoms with Gasteiger partial charge in [-0.25, -0.2) is 0 Å². The molecule has 0 aliphatic heterocycles. The molecule has 0 bridgehead atoms. The molecule has 0 fully saturated rings. The number of carbonyl (C=O) groups is 2. The molecule has 3 aromatic rings. The topological polar surface area (TPSA) is 96.3 Å². The number of H-pyrrole nitrogens is 1. The van der Waals surface area contributed by atoms with E-state index in [4.69, 9.17) is 5.73 Å². The number of carbonyl (C=O) groups excluding carboxylic acids is 2. The van der Waals surface area contributed by atoms with Gasteiger partial charge in [-0.2, -0.15) is 0 Å². The van der Waals surface area contributed by atoms with E-state index >= 15 is 0 Å². The van der Waals surface area contributed by atoms with Gasteiger partial charge < -0.3 is 10.7 Å². The minimum Gasteiger partial charge on any atom is -0.368 e. The molecule has 1 atom stereocenters. The van der Waals surface area contributed by atoms with Crippen LogP contribution in [0.15, 0.2) is 65.5 Å². The molecule has 0 saturated carbocycles. The highest BCUT2D eigenvalue weighted by molar-refractivity contribution is 6.15. The molecular formula is C20H19N3O3. The lowest BCUT2D eigenvalue weighted by Crippen LogP contribution is -2.48. The molecule has 0 aliphatic carbocycles. The van der Waals surface area contributed by atoms with E-state index in [1.807, 2.05) is 6.07 Å². The quantitative estimate of drug-likeness (QED) is 0.740. The van der Waals surface area contributed by atoms with Gasteiger partial charge >= 0.3 is 0 Å². The first kappa shape index (κ1) is 17.4. The maximum absolute atomic E-state index is 13.4. The highest BCUT2D eigenvalue weighted by atomic mass is 16.2. The Morgan fingerprint density at radius 2 is 1.73 bits per heavy atom. The van der Waals surface area contributed by atoms with E-state index in [0.717, 1.165) is 0 Å². The van der Waals surface area contributed by atoms with Crippen LogP contribution in [0.2, 0.25) is 0 Å². The van der Waals surface area contributed by atoms with Crippen LogP contribution >= 0.6 is 0 Å². The summed E-state index contributed by atoms with van der Waals surface area (Å²) in [5.74, 6) is -1.04. The predicted octanol–water partition coefficient (Wildman–Crippen LogP) is 2.44. The maximum atomic E-state index is 13.4. The van der Waals surface area contributed by atoms with Crippen LogP contribution in [0.4, 0.5) is 5.69 Å². The molecule has 0 spiro atoms. The molecular weight excluding hydrogens is 330 g/mol. The van der Waals surface area contributed by atoms with Gasteiger partial charge in [-0.15, -0.1) is 0 Å². The number of nitrogens with zero attached hydrogens (tertiary/aromatic N) is 1. The van der Waals surface area contributed by atoms with Crippen molar-refractivity contribution in [1.29, 1.82) is 0 Å².